The number of amides is 1. The minimum Gasteiger partial charge on any atom is -0.378 e. The van der Waals surface area contributed by atoms with Gasteiger partial charge in [-0.05, 0) is 12.1 Å². The maximum Gasteiger partial charge on any atom is 0.244 e. The van der Waals surface area contributed by atoms with Crippen molar-refractivity contribution < 1.29 is 17.9 Å². The first-order valence-electron chi connectivity index (χ1n) is 10.2. The summed E-state index contributed by atoms with van der Waals surface area (Å²) in [5.41, 5.74) is 0. The summed E-state index contributed by atoms with van der Waals surface area (Å²) in [4.78, 5) is 23.2. The summed E-state index contributed by atoms with van der Waals surface area (Å²) < 4.78 is 31.9. The van der Waals surface area contributed by atoms with Crippen LogP contribution in [0.1, 0.15) is 13.8 Å². The number of rotatable bonds is 7. The van der Waals surface area contributed by atoms with Crippen molar-refractivity contribution in [3.8, 4) is 0 Å². The third-order valence-corrected chi connectivity index (χ3v) is 7.52. The van der Waals surface area contributed by atoms with Crippen LogP contribution in [0.15, 0.2) is 23.2 Å². The van der Waals surface area contributed by atoms with E-state index < -0.39 is 10.0 Å². The number of morpholine rings is 1. The van der Waals surface area contributed by atoms with Gasteiger partial charge in [0.2, 0.25) is 15.9 Å². The van der Waals surface area contributed by atoms with Crippen LogP contribution in [0, 0.1) is 0 Å². The molecule has 2 aliphatic heterocycles. The van der Waals surface area contributed by atoms with Crippen molar-refractivity contribution in [2.45, 2.75) is 18.7 Å². The molecule has 29 heavy (non-hydrogen) atoms. The standard InChI is InChI=1S/C19H31N5O4S/c1-3-24(4-2)29(26,27)17-5-6-18(20-15-17)22-9-7-21(8-10-22)16-19(25)23-11-13-28-14-12-23/h5-6,15H,3-4,7-14,16H2,1-2H3. The van der Waals surface area contributed by atoms with Gasteiger partial charge in [0, 0.05) is 58.6 Å². The van der Waals surface area contributed by atoms with E-state index in [9.17, 15) is 13.2 Å². The Hall–Kier alpha value is -1.75. The molecule has 9 nitrogen and oxygen atoms in total. The van der Waals surface area contributed by atoms with Crippen LogP contribution in [-0.2, 0) is 19.6 Å². The Morgan fingerprint density at radius 2 is 1.72 bits per heavy atom. The molecule has 3 heterocycles. The summed E-state index contributed by atoms with van der Waals surface area (Å²) in [7, 11) is -3.49. The van der Waals surface area contributed by atoms with Gasteiger partial charge in [-0.3, -0.25) is 9.69 Å². The van der Waals surface area contributed by atoms with Gasteiger partial charge in [-0.15, -0.1) is 0 Å². The van der Waals surface area contributed by atoms with E-state index in [1.54, 1.807) is 12.1 Å². The predicted molar refractivity (Wildman–Crippen MR) is 110 cm³/mol. The van der Waals surface area contributed by atoms with E-state index >= 15 is 0 Å². The minimum atomic E-state index is -3.49. The van der Waals surface area contributed by atoms with Crippen LogP contribution < -0.4 is 4.90 Å². The molecule has 0 atom stereocenters. The maximum absolute atomic E-state index is 12.6. The Labute approximate surface area is 173 Å². The van der Waals surface area contributed by atoms with Crippen LogP contribution >= 0.6 is 0 Å². The average Bonchev–Trinajstić information content (AvgIpc) is 2.75. The molecule has 0 aromatic carbocycles. The Morgan fingerprint density at radius 1 is 1.07 bits per heavy atom. The van der Waals surface area contributed by atoms with Gasteiger partial charge in [0.05, 0.1) is 19.8 Å². The molecule has 3 rings (SSSR count). The molecule has 0 radical (unpaired) electrons. The highest BCUT2D eigenvalue weighted by Crippen LogP contribution is 2.19. The van der Waals surface area contributed by atoms with Crippen molar-refractivity contribution >= 4 is 21.7 Å². The summed E-state index contributed by atoms with van der Waals surface area (Å²) in [6.45, 7) is 10.6. The number of carbonyl (C=O) groups excluding carboxylic acids is 1. The Bertz CT molecular complexity index is 768. The van der Waals surface area contributed by atoms with Crippen molar-refractivity contribution in [2.75, 3.05) is 77.0 Å². The van der Waals surface area contributed by atoms with E-state index in [1.165, 1.54) is 10.5 Å². The lowest BCUT2D eigenvalue weighted by molar-refractivity contribution is -0.136. The van der Waals surface area contributed by atoms with Crippen LogP contribution in [0.5, 0.6) is 0 Å². The fraction of sp³-hybridized carbons (Fsp3) is 0.684. The van der Waals surface area contributed by atoms with E-state index in [4.69, 9.17) is 4.74 Å². The molecule has 1 amide bonds. The zero-order valence-corrected chi connectivity index (χ0v) is 18.1. The van der Waals surface area contributed by atoms with E-state index in [-0.39, 0.29) is 10.8 Å². The molecule has 0 spiro atoms. The lowest BCUT2D eigenvalue weighted by Crippen LogP contribution is -2.51. The first-order valence-corrected chi connectivity index (χ1v) is 11.7. The number of anilines is 1. The Balaban J connectivity index is 1.53. The largest absolute Gasteiger partial charge is 0.378 e. The summed E-state index contributed by atoms with van der Waals surface area (Å²) in [6.07, 6.45) is 1.44. The molecule has 10 heteroatoms. The third kappa shape index (κ3) is 5.25. The summed E-state index contributed by atoms with van der Waals surface area (Å²) in [5, 5.41) is 0. The summed E-state index contributed by atoms with van der Waals surface area (Å²) in [6, 6.07) is 3.40. The minimum absolute atomic E-state index is 0.158. The van der Waals surface area contributed by atoms with E-state index in [1.807, 2.05) is 18.7 Å². The zero-order chi connectivity index (χ0) is 20.9. The van der Waals surface area contributed by atoms with Crippen molar-refractivity contribution in [2.24, 2.45) is 0 Å². The van der Waals surface area contributed by atoms with Crippen molar-refractivity contribution in [1.82, 2.24) is 19.1 Å². The topological polar surface area (TPSA) is 86.3 Å². The number of aromatic nitrogens is 1. The smallest absolute Gasteiger partial charge is 0.244 e. The normalized spacial score (nSPS) is 19.0. The number of carbonyl (C=O) groups is 1. The van der Waals surface area contributed by atoms with E-state index in [2.05, 4.69) is 14.8 Å². The van der Waals surface area contributed by atoms with Crippen molar-refractivity contribution in [3.05, 3.63) is 18.3 Å². The average molecular weight is 426 g/mol. The number of ether oxygens (including phenoxy) is 1. The van der Waals surface area contributed by atoms with Gasteiger partial charge < -0.3 is 14.5 Å². The molecular weight excluding hydrogens is 394 g/mol. The van der Waals surface area contributed by atoms with Crippen molar-refractivity contribution in [3.63, 3.8) is 0 Å². The predicted octanol–water partition coefficient (Wildman–Crippen LogP) is 0.0929. The second-order valence-corrected chi connectivity index (χ2v) is 9.14. The third-order valence-electron chi connectivity index (χ3n) is 5.48. The second-order valence-electron chi connectivity index (χ2n) is 7.20. The first kappa shape index (κ1) is 21.9. The van der Waals surface area contributed by atoms with E-state index in [0.717, 1.165) is 32.0 Å². The van der Waals surface area contributed by atoms with Crippen LogP contribution in [0.2, 0.25) is 0 Å². The molecule has 0 N–H and O–H groups in total. The molecule has 0 bridgehead atoms. The summed E-state index contributed by atoms with van der Waals surface area (Å²) >= 11 is 0. The fourth-order valence-electron chi connectivity index (χ4n) is 3.66. The lowest BCUT2D eigenvalue weighted by Gasteiger charge is -2.36. The SMILES string of the molecule is CCN(CC)S(=O)(=O)c1ccc(N2CCN(CC(=O)N3CCOCC3)CC2)nc1. The zero-order valence-electron chi connectivity index (χ0n) is 17.3. The molecule has 162 valence electrons. The second kappa shape index (κ2) is 9.84. The van der Waals surface area contributed by atoms with Crippen LogP contribution in [0.4, 0.5) is 5.82 Å². The van der Waals surface area contributed by atoms with Gasteiger partial charge in [-0.2, -0.15) is 4.31 Å². The highest BCUT2D eigenvalue weighted by atomic mass is 32.2. The molecule has 0 aliphatic carbocycles. The first-order chi connectivity index (χ1) is 14.0. The Morgan fingerprint density at radius 3 is 2.28 bits per heavy atom. The van der Waals surface area contributed by atoms with Crippen LogP contribution in [0.3, 0.4) is 0 Å². The molecule has 2 saturated heterocycles. The number of hydrogen-bond donors (Lipinski definition) is 0. The van der Waals surface area contributed by atoms with E-state index in [0.29, 0.717) is 45.9 Å². The van der Waals surface area contributed by atoms with Crippen molar-refractivity contribution in [1.29, 1.82) is 0 Å². The molecule has 1 aromatic heterocycles. The number of piperazine rings is 1. The summed E-state index contributed by atoms with van der Waals surface area (Å²) in [5.74, 6) is 0.925. The highest BCUT2D eigenvalue weighted by Gasteiger charge is 2.25. The molecule has 2 fully saturated rings. The monoisotopic (exact) mass is 425 g/mol. The van der Waals surface area contributed by atoms with Gasteiger partial charge in [-0.25, -0.2) is 13.4 Å². The molecule has 1 aromatic rings. The van der Waals surface area contributed by atoms with Gasteiger partial charge in [0.15, 0.2) is 0 Å². The van der Waals surface area contributed by atoms with Gasteiger partial charge >= 0.3 is 0 Å². The molecule has 2 aliphatic rings. The molecule has 0 saturated carbocycles. The molecular formula is C19H31N5O4S. The quantitative estimate of drug-likeness (QED) is 0.612. The van der Waals surface area contributed by atoms with Gasteiger partial charge in [-0.1, -0.05) is 13.8 Å². The van der Waals surface area contributed by atoms with Crippen LogP contribution in [0.25, 0.3) is 0 Å². The van der Waals surface area contributed by atoms with Gasteiger partial charge in [0.25, 0.3) is 0 Å². The number of sulfonamides is 1. The maximum atomic E-state index is 12.6. The van der Waals surface area contributed by atoms with Crippen LogP contribution in [-0.4, -0.2) is 106 Å². The number of hydrogen-bond acceptors (Lipinski definition) is 7. The highest BCUT2D eigenvalue weighted by molar-refractivity contribution is 7.89. The Kier molecular flexibility index (Phi) is 7.44. The lowest BCUT2D eigenvalue weighted by atomic mass is 10.3. The molecule has 0 unspecified atom stereocenters. The number of nitrogens with zero attached hydrogens (tertiary/aromatic N) is 5. The number of pyridine rings is 1. The van der Waals surface area contributed by atoms with Gasteiger partial charge in [0.1, 0.15) is 10.7 Å². The fourth-order valence-corrected chi connectivity index (χ4v) is 5.07.